The van der Waals surface area contributed by atoms with Crippen molar-refractivity contribution < 1.29 is 9.53 Å². The predicted molar refractivity (Wildman–Crippen MR) is 82.8 cm³/mol. The van der Waals surface area contributed by atoms with Crippen molar-refractivity contribution in [1.82, 2.24) is 0 Å². The molecule has 1 aliphatic heterocycles. The fraction of sp³-hybridized carbons (Fsp3) is 0.167. The molecule has 0 spiro atoms. The number of hydrogen-bond donors (Lipinski definition) is 0. The van der Waals surface area contributed by atoms with Crippen LogP contribution in [-0.2, 0) is 9.53 Å². The highest BCUT2D eigenvalue weighted by Crippen LogP contribution is 2.43. The molecule has 3 heteroatoms. The summed E-state index contributed by atoms with van der Waals surface area (Å²) >= 11 is 0. The molecule has 0 unspecified atom stereocenters. The number of amides is 1. The van der Waals surface area contributed by atoms with Crippen LogP contribution in [0.4, 0.5) is 5.69 Å². The van der Waals surface area contributed by atoms with Gasteiger partial charge in [-0.15, -0.1) is 0 Å². The molecular formula is C18H17NO2. The van der Waals surface area contributed by atoms with Crippen molar-refractivity contribution in [2.45, 2.75) is 6.04 Å². The van der Waals surface area contributed by atoms with Gasteiger partial charge in [0.25, 0.3) is 0 Å². The molecule has 0 aliphatic carbocycles. The Morgan fingerprint density at radius 2 is 1.62 bits per heavy atom. The largest absolute Gasteiger partial charge is 0.505 e. The van der Waals surface area contributed by atoms with E-state index in [-0.39, 0.29) is 17.9 Å². The number of benzene rings is 2. The molecule has 3 nitrogen and oxygen atoms in total. The van der Waals surface area contributed by atoms with E-state index in [0.717, 1.165) is 11.3 Å². The molecule has 2 aromatic rings. The van der Waals surface area contributed by atoms with Gasteiger partial charge in [-0.05, 0) is 23.8 Å². The maximum atomic E-state index is 12.5. The Kier molecular flexibility index (Phi) is 3.73. The van der Waals surface area contributed by atoms with Crippen molar-refractivity contribution in [3.05, 3.63) is 78.6 Å². The zero-order valence-electron chi connectivity index (χ0n) is 11.8. The molecule has 1 saturated heterocycles. The van der Waals surface area contributed by atoms with Crippen molar-refractivity contribution in [2.24, 2.45) is 5.92 Å². The topological polar surface area (TPSA) is 29.5 Å². The number of anilines is 1. The molecule has 1 aliphatic rings. The third kappa shape index (κ3) is 2.42. The first-order valence-corrected chi connectivity index (χ1v) is 6.95. The Labute approximate surface area is 124 Å². The van der Waals surface area contributed by atoms with Gasteiger partial charge in [0, 0.05) is 5.69 Å². The smallest absolute Gasteiger partial charge is 0.237 e. The minimum Gasteiger partial charge on any atom is -0.505 e. The average Bonchev–Trinajstić information content (AvgIpc) is 2.54. The fourth-order valence-electron chi connectivity index (χ4n) is 2.75. The minimum absolute atomic E-state index is 0.0208. The van der Waals surface area contributed by atoms with E-state index in [1.54, 1.807) is 13.4 Å². The summed E-state index contributed by atoms with van der Waals surface area (Å²) < 4.78 is 4.97. The van der Waals surface area contributed by atoms with Crippen LogP contribution in [0, 0.1) is 5.92 Å². The summed E-state index contributed by atoms with van der Waals surface area (Å²) in [5.74, 6) is -0.0732. The van der Waals surface area contributed by atoms with Crippen LogP contribution in [-0.4, -0.2) is 13.0 Å². The summed E-state index contributed by atoms with van der Waals surface area (Å²) in [5.41, 5.74) is 2.06. The molecule has 1 amide bonds. The number of ether oxygens (including phenoxy) is 1. The third-order valence-electron chi connectivity index (χ3n) is 3.74. The first kappa shape index (κ1) is 13.4. The van der Waals surface area contributed by atoms with Crippen LogP contribution in [0.1, 0.15) is 11.6 Å². The van der Waals surface area contributed by atoms with E-state index < -0.39 is 0 Å². The molecule has 0 saturated carbocycles. The highest BCUT2D eigenvalue weighted by molar-refractivity contribution is 6.04. The maximum Gasteiger partial charge on any atom is 0.237 e. The molecule has 0 aromatic heterocycles. The van der Waals surface area contributed by atoms with Crippen LogP contribution in [0.2, 0.25) is 0 Å². The van der Waals surface area contributed by atoms with Gasteiger partial charge < -0.3 is 9.64 Å². The molecule has 21 heavy (non-hydrogen) atoms. The first-order chi connectivity index (χ1) is 10.3. The van der Waals surface area contributed by atoms with Crippen LogP contribution in [0.25, 0.3) is 0 Å². The Bertz CT molecular complexity index is 637. The van der Waals surface area contributed by atoms with Crippen molar-refractivity contribution in [3.8, 4) is 0 Å². The Hall–Kier alpha value is -2.55. The van der Waals surface area contributed by atoms with Crippen LogP contribution < -0.4 is 4.90 Å². The number of carbonyl (C=O) groups excluding carboxylic acids is 1. The molecule has 106 valence electrons. The van der Waals surface area contributed by atoms with Crippen molar-refractivity contribution in [2.75, 3.05) is 12.0 Å². The van der Waals surface area contributed by atoms with Gasteiger partial charge >= 0.3 is 0 Å². The number of rotatable bonds is 4. The van der Waals surface area contributed by atoms with E-state index >= 15 is 0 Å². The lowest BCUT2D eigenvalue weighted by molar-refractivity contribution is -0.128. The molecule has 1 fully saturated rings. The lowest BCUT2D eigenvalue weighted by Gasteiger charge is -2.46. The summed E-state index contributed by atoms with van der Waals surface area (Å²) in [6.45, 7) is 0. The second-order valence-electron chi connectivity index (χ2n) is 4.99. The molecule has 3 rings (SSSR count). The predicted octanol–water partition coefficient (Wildman–Crippen LogP) is 3.55. The summed E-state index contributed by atoms with van der Waals surface area (Å²) in [5, 5.41) is 0. The van der Waals surface area contributed by atoms with E-state index in [9.17, 15) is 4.79 Å². The number of nitrogens with zero attached hydrogens (tertiary/aromatic N) is 1. The summed E-state index contributed by atoms with van der Waals surface area (Å²) in [6.07, 6.45) is 3.42. The van der Waals surface area contributed by atoms with Gasteiger partial charge in [0.1, 0.15) is 0 Å². The number of hydrogen-bond acceptors (Lipinski definition) is 2. The SMILES string of the molecule is CO/C=C\[C@H]1C(=O)N(c2ccccc2)[C@@H]1c1ccccc1. The monoisotopic (exact) mass is 279 g/mol. The fourth-order valence-corrected chi connectivity index (χ4v) is 2.75. The lowest BCUT2D eigenvalue weighted by atomic mass is 9.82. The van der Waals surface area contributed by atoms with Gasteiger partial charge in [-0.25, -0.2) is 0 Å². The highest BCUT2D eigenvalue weighted by atomic mass is 16.5. The van der Waals surface area contributed by atoms with Crippen LogP contribution in [0.15, 0.2) is 73.0 Å². The molecule has 0 N–H and O–H groups in total. The van der Waals surface area contributed by atoms with Crippen LogP contribution in [0.5, 0.6) is 0 Å². The molecule has 0 bridgehead atoms. The van der Waals surface area contributed by atoms with Crippen LogP contribution >= 0.6 is 0 Å². The first-order valence-electron chi connectivity index (χ1n) is 6.95. The zero-order valence-corrected chi connectivity index (χ0v) is 11.8. The highest BCUT2D eigenvalue weighted by Gasteiger charge is 2.47. The number of β-lactam (4-membered cyclic amide) rings is 1. The van der Waals surface area contributed by atoms with Crippen LogP contribution in [0.3, 0.4) is 0 Å². The Balaban J connectivity index is 1.96. The van der Waals surface area contributed by atoms with Gasteiger partial charge in [-0.2, -0.15) is 0 Å². The maximum absolute atomic E-state index is 12.5. The Morgan fingerprint density at radius 1 is 1.00 bits per heavy atom. The van der Waals surface area contributed by atoms with Crippen molar-refractivity contribution >= 4 is 11.6 Å². The normalized spacial score (nSPS) is 21.4. The standard InChI is InChI=1S/C18H17NO2/c1-21-13-12-16-17(14-8-4-2-5-9-14)19(18(16)20)15-10-6-3-7-11-15/h2-13,16-17H,1H3/b13-12-/t16-,17-/m1/s1. The van der Waals surface area contributed by atoms with Gasteiger partial charge in [0.05, 0.1) is 25.3 Å². The van der Waals surface area contributed by atoms with Gasteiger partial charge in [-0.3, -0.25) is 4.79 Å². The van der Waals surface area contributed by atoms with E-state index in [1.807, 2.05) is 59.5 Å². The van der Waals surface area contributed by atoms with E-state index in [1.165, 1.54) is 0 Å². The van der Waals surface area contributed by atoms with Gasteiger partial charge in [0.2, 0.25) is 5.91 Å². The number of carbonyl (C=O) groups is 1. The van der Waals surface area contributed by atoms with Crippen molar-refractivity contribution in [1.29, 1.82) is 0 Å². The van der Waals surface area contributed by atoms with E-state index in [2.05, 4.69) is 12.1 Å². The van der Waals surface area contributed by atoms with Gasteiger partial charge in [0.15, 0.2) is 0 Å². The molecule has 2 atom stereocenters. The number of methoxy groups -OCH3 is 1. The van der Waals surface area contributed by atoms with Crippen molar-refractivity contribution in [3.63, 3.8) is 0 Å². The summed E-state index contributed by atoms with van der Waals surface area (Å²) in [4.78, 5) is 14.3. The molecular weight excluding hydrogens is 262 g/mol. The van der Waals surface area contributed by atoms with E-state index in [0.29, 0.717) is 0 Å². The number of para-hydroxylation sites is 1. The average molecular weight is 279 g/mol. The Morgan fingerprint density at radius 3 is 2.24 bits per heavy atom. The summed E-state index contributed by atoms with van der Waals surface area (Å²) in [7, 11) is 1.59. The molecule has 1 heterocycles. The zero-order chi connectivity index (χ0) is 14.7. The second kappa shape index (κ2) is 5.83. The lowest BCUT2D eigenvalue weighted by Crippen LogP contribution is -2.54. The summed E-state index contributed by atoms with van der Waals surface area (Å²) in [6, 6.07) is 19.9. The minimum atomic E-state index is -0.174. The molecule has 2 aromatic carbocycles. The van der Waals surface area contributed by atoms with E-state index in [4.69, 9.17) is 4.74 Å². The quantitative estimate of drug-likeness (QED) is 0.632. The third-order valence-corrected chi connectivity index (χ3v) is 3.74. The van der Waals surface area contributed by atoms with Gasteiger partial charge in [-0.1, -0.05) is 48.5 Å². The molecule has 0 radical (unpaired) electrons. The second-order valence-corrected chi connectivity index (χ2v) is 4.99.